The number of carbonyl (C=O) groups is 1. The zero-order valence-corrected chi connectivity index (χ0v) is 10.0. The van der Waals surface area contributed by atoms with Crippen molar-refractivity contribution in [2.45, 2.75) is 33.2 Å². The van der Waals surface area contributed by atoms with Crippen molar-refractivity contribution in [1.29, 1.82) is 0 Å². The van der Waals surface area contributed by atoms with Gasteiger partial charge in [0, 0.05) is 12.6 Å². The number of nitrogens with zero attached hydrogens (tertiary/aromatic N) is 1. The maximum atomic E-state index is 12.0. The van der Waals surface area contributed by atoms with E-state index in [-0.39, 0.29) is 17.2 Å². The fourth-order valence-electron chi connectivity index (χ4n) is 1.45. The van der Waals surface area contributed by atoms with Crippen molar-refractivity contribution in [3.63, 3.8) is 0 Å². The summed E-state index contributed by atoms with van der Waals surface area (Å²) >= 11 is 5.63. The lowest BCUT2D eigenvalue weighted by Gasteiger charge is -2.26. The molecule has 1 heterocycles. The lowest BCUT2D eigenvalue weighted by molar-refractivity contribution is 0.0667. The summed E-state index contributed by atoms with van der Waals surface area (Å²) < 4.78 is 5.10. The van der Waals surface area contributed by atoms with E-state index in [1.54, 1.807) is 17.0 Å². The molecule has 0 aliphatic carbocycles. The summed E-state index contributed by atoms with van der Waals surface area (Å²) in [5.41, 5.74) is 0. The summed E-state index contributed by atoms with van der Waals surface area (Å²) in [4.78, 5) is 13.7. The van der Waals surface area contributed by atoms with Gasteiger partial charge in [0.1, 0.15) is 0 Å². The molecule has 84 valence electrons. The standard InChI is InChI=1S/C11H16ClNO2/c1-4-8(3)13(5-2)11(14)9-6-7-10(12)15-9/h6-8H,4-5H2,1-3H3. The Balaban J connectivity index is 2.82. The largest absolute Gasteiger partial charge is 0.440 e. The van der Waals surface area contributed by atoms with Gasteiger partial charge in [0.05, 0.1) is 0 Å². The van der Waals surface area contributed by atoms with Crippen molar-refractivity contribution >= 4 is 17.5 Å². The second kappa shape index (κ2) is 5.21. The van der Waals surface area contributed by atoms with Gasteiger partial charge in [-0.3, -0.25) is 4.79 Å². The molecule has 0 saturated heterocycles. The fraction of sp³-hybridized carbons (Fsp3) is 0.545. The zero-order chi connectivity index (χ0) is 11.4. The van der Waals surface area contributed by atoms with E-state index in [0.29, 0.717) is 12.3 Å². The van der Waals surface area contributed by atoms with Crippen molar-refractivity contribution in [3.8, 4) is 0 Å². The summed E-state index contributed by atoms with van der Waals surface area (Å²) in [7, 11) is 0. The van der Waals surface area contributed by atoms with Gasteiger partial charge >= 0.3 is 0 Å². The summed E-state index contributed by atoms with van der Waals surface area (Å²) in [6.45, 7) is 6.70. The molecule has 1 unspecified atom stereocenters. The van der Waals surface area contributed by atoms with E-state index in [9.17, 15) is 4.79 Å². The maximum Gasteiger partial charge on any atom is 0.289 e. The lowest BCUT2D eigenvalue weighted by Crippen LogP contribution is -2.37. The molecule has 0 radical (unpaired) electrons. The molecule has 1 aromatic rings. The Morgan fingerprint density at radius 1 is 1.53 bits per heavy atom. The summed E-state index contributed by atoms with van der Waals surface area (Å²) in [6, 6.07) is 3.40. The van der Waals surface area contributed by atoms with E-state index >= 15 is 0 Å². The Kier molecular flexibility index (Phi) is 4.21. The fourth-order valence-corrected chi connectivity index (χ4v) is 1.59. The molecule has 0 N–H and O–H groups in total. The predicted octanol–water partition coefficient (Wildman–Crippen LogP) is 3.19. The normalized spacial score (nSPS) is 12.5. The minimum absolute atomic E-state index is 0.0984. The molecule has 0 spiro atoms. The van der Waals surface area contributed by atoms with Crippen molar-refractivity contribution in [2.24, 2.45) is 0 Å². The molecule has 0 bridgehead atoms. The van der Waals surface area contributed by atoms with Gasteiger partial charge in [-0.25, -0.2) is 0 Å². The van der Waals surface area contributed by atoms with Gasteiger partial charge in [0.25, 0.3) is 5.91 Å². The Bertz CT molecular complexity index is 335. The van der Waals surface area contributed by atoms with Crippen LogP contribution in [0.1, 0.15) is 37.7 Å². The van der Waals surface area contributed by atoms with Crippen LogP contribution in [0.25, 0.3) is 0 Å². The van der Waals surface area contributed by atoms with Crippen molar-refractivity contribution < 1.29 is 9.21 Å². The van der Waals surface area contributed by atoms with Crippen LogP contribution in [0.5, 0.6) is 0 Å². The molecular formula is C11H16ClNO2. The molecule has 15 heavy (non-hydrogen) atoms. The number of hydrogen-bond acceptors (Lipinski definition) is 2. The maximum absolute atomic E-state index is 12.0. The second-order valence-electron chi connectivity index (χ2n) is 3.45. The number of halogens is 1. The van der Waals surface area contributed by atoms with Crippen LogP contribution < -0.4 is 0 Å². The number of amides is 1. The molecule has 3 nitrogen and oxygen atoms in total. The Hall–Kier alpha value is -0.960. The molecule has 1 atom stereocenters. The van der Waals surface area contributed by atoms with Crippen molar-refractivity contribution in [2.75, 3.05) is 6.54 Å². The topological polar surface area (TPSA) is 33.5 Å². The van der Waals surface area contributed by atoms with E-state index < -0.39 is 0 Å². The van der Waals surface area contributed by atoms with E-state index in [4.69, 9.17) is 16.0 Å². The summed E-state index contributed by atoms with van der Waals surface area (Å²) in [6.07, 6.45) is 0.925. The third-order valence-electron chi connectivity index (χ3n) is 2.51. The molecule has 1 amide bonds. The second-order valence-corrected chi connectivity index (χ2v) is 3.82. The average molecular weight is 230 g/mol. The third kappa shape index (κ3) is 2.75. The Morgan fingerprint density at radius 2 is 2.20 bits per heavy atom. The van der Waals surface area contributed by atoms with Crippen LogP contribution in [0.2, 0.25) is 5.22 Å². The molecule has 0 aliphatic heterocycles. The lowest BCUT2D eigenvalue weighted by atomic mass is 10.2. The number of hydrogen-bond donors (Lipinski definition) is 0. The van der Waals surface area contributed by atoms with E-state index in [0.717, 1.165) is 6.42 Å². The molecule has 0 saturated carbocycles. The van der Waals surface area contributed by atoms with Crippen molar-refractivity contribution in [1.82, 2.24) is 4.90 Å². The summed E-state index contributed by atoms with van der Waals surface area (Å²) in [5.74, 6) is 0.209. The molecule has 1 aromatic heterocycles. The first-order valence-electron chi connectivity index (χ1n) is 5.16. The highest BCUT2D eigenvalue weighted by Crippen LogP contribution is 2.16. The Morgan fingerprint density at radius 3 is 2.60 bits per heavy atom. The Labute approximate surface area is 95.0 Å². The molecule has 0 aliphatic rings. The number of rotatable bonds is 4. The molecule has 4 heteroatoms. The first-order valence-corrected chi connectivity index (χ1v) is 5.54. The van der Waals surface area contributed by atoms with Gasteiger partial charge in [-0.15, -0.1) is 0 Å². The van der Waals surface area contributed by atoms with E-state index in [1.165, 1.54) is 0 Å². The van der Waals surface area contributed by atoms with Gasteiger partial charge in [-0.05, 0) is 44.0 Å². The van der Waals surface area contributed by atoms with Gasteiger partial charge in [-0.2, -0.15) is 0 Å². The first-order chi connectivity index (χ1) is 7.10. The zero-order valence-electron chi connectivity index (χ0n) is 9.29. The monoisotopic (exact) mass is 229 g/mol. The van der Waals surface area contributed by atoms with Crippen LogP contribution in [-0.4, -0.2) is 23.4 Å². The third-order valence-corrected chi connectivity index (χ3v) is 2.71. The van der Waals surface area contributed by atoms with Crippen LogP contribution in [0.4, 0.5) is 0 Å². The molecule has 0 fully saturated rings. The van der Waals surface area contributed by atoms with Gasteiger partial charge in [0.15, 0.2) is 11.0 Å². The van der Waals surface area contributed by atoms with Crippen molar-refractivity contribution in [3.05, 3.63) is 23.1 Å². The highest BCUT2D eigenvalue weighted by Gasteiger charge is 2.21. The quantitative estimate of drug-likeness (QED) is 0.795. The number of furan rings is 1. The highest BCUT2D eigenvalue weighted by molar-refractivity contribution is 6.29. The van der Waals surface area contributed by atoms with E-state index in [2.05, 4.69) is 6.92 Å². The number of carbonyl (C=O) groups excluding carboxylic acids is 1. The van der Waals surface area contributed by atoms with Gasteiger partial charge in [0.2, 0.25) is 0 Å². The minimum Gasteiger partial charge on any atom is -0.440 e. The van der Waals surface area contributed by atoms with E-state index in [1.807, 2.05) is 13.8 Å². The summed E-state index contributed by atoms with van der Waals surface area (Å²) in [5, 5.41) is 0.249. The van der Waals surface area contributed by atoms with Crippen LogP contribution in [0.3, 0.4) is 0 Å². The van der Waals surface area contributed by atoms with Gasteiger partial charge < -0.3 is 9.32 Å². The van der Waals surface area contributed by atoms with Crippen LogP contribution in [0, 0.1) is 0 Å². The smallest absolute Gasteiger partial charge is 0.289 e. The minimum atomic E-state index is -0.0984. The van der Waals surface area contributed by atoms with Crippen LogP contribution in [-0.2, 0) is 0 Å². The first kappa shape index (κ1) is 12.1. The molecular weight excluding hydrogens is 214 g/mol. The highest BCUT2D eigenvalue weighted by atomic mass is 35.5. The molecule has 1 rings (SSSR count). The van der Waals surface area contributed by atoms with Crippen LogP contribution in [0.15, 0.2) is 16.5 Å². The SMILES string of the molecule is CCC(C)N(CC)C(=O)c1ccc(Cl)o1. The van der Waals surface area contributed by atoms with Gasteiger partial charge in [-0.1, -0.05) is 6.92 Å². The average Bonchev–Trinajstić information content (AvgIpc) is 2.65. The predicted molar refractivity (Wildman–Crippen MR) is 60.2 cm³/mol. The molecule has 0 aromatic carbocycles. The van der Waals surface area contributed by atoms with Crippen LogP contribution >= 0.6 is 11.6 Å².